The molecule has 0 radical (unpaired) electrons. The van der Waals surface area contributed by atoms with Gasteiger partial charge in [-0.05, 0) is 76.5 Å². The van der Waals surface area contributed by atoms with Gasteiger partial charge in [-0.1, -0.05) is 54.6 Å². The molecule has 0 aliphatic heterocycles. The summed E-state index contributed by atoms with van der Waals surface area (Å²) in [6.45, 7) is 2.17. The van der Waals surface area contributed by atoms with Crippen molar-refractivity contribution in [1.82, 2.24) is 10.3 Å². The van der Waals surface area contributed by atoms with Crippen LogP contribution in [0.1, 0.15) is 27.0 Å². The van der Waals surface area contributed by atoms with E-state index in [-0.39, 0.29) is 17.9 Å². The van der Waals surface area contributed by atoms with Gasteiger partial charge in [0.05, 0.1) is 12.0 Å². The van der Waals surface area contributed by atoms with Crippen molar-refractivity contribution < 1.29 is 19.4 Å². The van der Waals surface area contributed by atoms with Gasteiger partial charge in [-0.15, -0.1) is 0 Å². The maximum absolute atomic E-state index is 12.7. The van der Waals surface area contributed by atoms with E-state index in [0.717, 1.165) is 38.8 Å². The number of carbonyl (C=O) groups excluding carboxylic acids is 1. The molecule has 6 nitrogen and oxygen atoms in total. The normalized spacial score (nSPS) is 10.8. The van der Waals surface area contributed by atoms with Crippen LogP contribution < -0.4 is 10.1 Å². The number of benzene rings is 4. The van der Waals surface area contributed by atoms with Crippen LogP contribution in [0.4, 0.5) is 0 Å². The molecule has 0 fully saturated rings. The molecule has 1 aromatic heterocycles. The first-order valence-corrected chi connectivity index (χ1v) is 12.3. The zero-order valence-corrected chi connectivity index (χ0v) is 20.8. The number of aromatic nitrogens is 1. The molecule has 0 saturated carbocycles. The molecule has 2 N–H and O–H groups in total. The highest BCUT2D eigenvalue weighted by Crippen LogP contribution is 2.33. The fourth-order valence-electron chi connectivity index (χ4n) is 4.54. The smallest absolute Gasteiger partial charge is 0.335 e. The first-order valence-electron chi connectivity index (χ1n) is 12.3. The molecule has 5 rings (SSSR count). The van der Waals surface area contributed by atoms with E-state index in [2.05, 4.69) is 10.3 Å². The maximum Gasteiger partial charge on any atom is 0.335 e. The number of carboxylic acids is 1. The zero-order valence-electron chi connectivity index (χ0n) is 20.8. The summed E-state index contributed by atoms with van der Waals surface area (Å²) in [6, 6.07) is 28.2. The second kappa shape index (κ2) is 11.0. The second-order valence-electron chi connectivity index (χ2n) is 8.99. The predicted octanol–water partition coefficient (Wildman–Crippen LogP) is 6.56. The molecule has 0 aliphatic rings. The first kappa shape index (κ1) is 24.7. The van der Waals surface area contributed by atoms with Gasteiger partial charge in [0.1, 0.15) is 11.5 Å². The van der Waals surface area contributed by atoms with Gasteiger partial charge < -0.3 is 15.2 Å². The molecule has 0 unspecified atom stereocenters. The van der Waals surface area contributed by atoms with Crippen molar-refractivity contribution >= 4 is 22.6 Å². The van der Waals surface area contributed by atoms with Crippen molar-refractivity contribution in [2.75, 3.05) is 0 Å². The molecule has 0 bridgehead atoms. The predicted molar refractivity (Wildman–Crippen MR) is 147 cm³/mol. The van der Waals surface area contributed by atoms with Crippen molar-refractivity contribution in [2.45, 2.75) is 19.9 Å². The van der Waals surface area contributed by atoms with Crippen molar-refractivity contribution in [3.8, 4) is 22.6 Å². The lowest BCUT2D eigenvalue weighted by atomic mass is 9.91. The van der Waals surface area contributed by atoms with Crippen LogP contribution in [0.15, 0.2) is 103 Å². The van der Waals surface area contributed by atoms with Crippen molar-refractivity contribution in [1.29, 1.82) is 0 Å². The van der Waals surface area contributed by atoms with Gasteiger partial charge in [0.25, 0.3) is 0 Å². The molecular weight excluding hydrogens is 476 g/mol. The quantitative estimate of drug-likeness (QED) is 0.251. The third-order valence-electron chi connectivity index (χ3n) is 6.51. The molecule has 0 spiro atoms. The molecule has 0 saturated heterocycles. The summed E-state index contributed by atoms with van der Waals surface area (Å²) >= 11 is 0. The number of nitrogens with one attached hydrogen (secondary N) is 1. The number of aromatic carboxylic acids is 1. The van der Waals surface area contributed by atoms with Crippen LogP contribution >= 0.6 is 0 Å². The molecule has 4 aromatic carbocycles. The lowest BCUT2D eigenvalue weighted by Crippen LogP contribution is -2.24. The summed E-state index contributed by atoms with van der Waals surface area (Å²) in [5.74, 6) is 0.430. The Morgan fingerprint density at radius 1 is 0.816 bits per heavy atom. The number of ether oxygens (including phenoxy) is 1. The Balaban J connectivity index is 1.29. The van der Waals surface area contributed by atoms with Crippen molar-refractivity contribution in [3.63, 3.8) is 0 Å². The molecule has 38 heavy (non-hydrogen) atoms. The van der Waals surface area contributed by atoms with Crippen LogP contribution in [0.25, 0.3) is 21.9 Å². The molecule has 1 amide bonds. The highest BCUT2D eigenvalue weighted by atomic mass is 16.5. The summed E-state index contributed by atoms with van der Waals surface area (Å²) in [5, 5.41) is 14.4. The number of amides is 1. The Labute approximate surface area is 220 Å². The topological polar surface area (TPSA) is 88.5 Å². The highest BCUT2D eigenvalue weighted by molar-refractivity contribution is 6.01. The number of carboxylic acid groups (broad SMARTS) is 1. The average Bonchev–Trinajstić information content (AvgIpc) is 2.93. The summed E-state index contributed by atoms with van der Waals surface area (Å²) in [5.41, 5.74) is 4.59. The number of para-hydroxylation sites is 1. The zero-order chi connectivity index (χ0) is 26.5. The standard InChI is InChI=1S/C32H26N2O4/c1-21-26(8-5-9-27(21)32(36)37)28-15-12-23(30-20-33-17-16-29(28)30)19-34-31(35)18-22-10-13-25(14-11-22)38-24-6-3-2-4-7-24/h2-17,20H,18-19H2,1H3,(H,34,35)(H,36,37). The minimum atomic E-state index is -0.951. The fraction of sp³-hybridized carbons (Fsp3) is 0.0938. The maximum atomic E-state index is 12.7. The van der Waals surface area contributed by atoms with Crippen LogP contribution in [0, 0.1) is 6.92 Å². The third-order valence-corrected chi connectivity index (χ3v) is 6.51. The summed E-state index contributed by atoms with van der Waals surface area (Å²) in [7, 11) is 0. The van der Waals surface area contributed by atoms with E-state index >= 15 is 0 Å². The van der Waals surface area contributed by atoms with E-state index in [1.165, 1.54) is 0 Å². The number of fused-ring (bicyclic) bond motifs is 1. The number of pyridine rings is 1. The van der Waals surface area contributed by atoms with Crippen LogP contribution in [0.5, 0.6) is 11.5 Å². The summed E-state index contributed by atoms with van der Waals surface area (Å²) < 4.78 is 5.82. The number of carbonyl (C=O) groups is 2. The fourth-order valence-corrected chi connectivity index (χ4v) is 4.54. The summed E-state index contributed by atoms with van der Waals surface area (Å²) in [6.07, 6.45) is 3.75. The first-order chi connectivity index (χ1) is 18.5. The van der Waals surface area contributed by atoms with Crippen LogP contribution in [0.3, 0.4) is 0 Å². The van der Waals surface area contributed by atoms with Gasteiger partial charge in [-0.25, -0.2) is 4.79 Å². The van der Waals surface area contributed by atoms with Gasteiger partial charge in [-0.2, -0.15) is 0 Å². The molecule has 6 heteroatoms. The Morgan fingerprint density at radius 2 is 1.58 bits per heavy atom. The number of hydrogen-bond donors (Lipinski definition) is 2. The Kier molecular flexibility index (Phi) is 7.13. The SMILES string of the molecule is Cc1c(C(=O)O)cccc1-c1ccc(CNC(=O)Cc2ccc(Oc3ccccc3)cc2)c2cnccc12. The number of nitrogens with zero attached hydrogens (tertiary/aromatic N) is 1. The summed E-state index contributed by atoms with van der Waals surface area (Å²) in [4.78, 5) is 28.6. The lowest BCUT2D eigenvalue weighted by molar-refractivity contribution is -0.120. The monoisotopic (exact) mass is 502 g/mol. The second-order valence-corrected chi connectivity index (χ2v) is 8.99. The third kappa shape index (κ3) is 5.39. The van der Waals surface area contributed by atoms with Crippen molar-refractivity contribution in [3.05, 3.63) is 126 Å². The minimum Gasteiger partial charge on any atom is -0.478 e. The molecule has 0 aliphatic carbocycles. The van der Waals surface area contributed by atoms with Gasteiger partial charge in [0, 0.05) is 24.3 Å². The van der Waals surface area contributed by atoms with E-state index in [1.54, 1.807) is 24.5 Å². The average molecular weight is 503 g/mol. The molecule has 0 atom stereocenters. The van der Waals surface area contributed by atoms with Crippen molar-refractivity contribution in [2.24, 2.45) is 0 Å². The molecular formula is C32H26N2O4. The van der Waals surface area contributed by atoms with E-state index < -0.39 is 5.97 Å². The number of hydrogen-bond acceptors (Lipinski definition) is 4. The molecule has 5 aromatic rings. The van der Waals surface area contributed by atoms with Crippen LogP contribution in [-0.4, -0.2) is 22.0 Å². The van der Waals surface area contributed by atoms with Gasteiger partial charge >= 0.3 is 5.97 Å². The van der Waals surface area contributed by atoms with Gasteiger partial charge in [0.15, 0.2) is 0 Å². The van der Waals surface area contributed by atoms with Crippen LogP contribution in [0.2, 0.25) is 0 Å². The van der Waals surface area contributed by atoms with E-state index in [9.17, 15) is 14.7 Å². The van der Waals surface area contributed by atoms with E-state index in [1.807, 2.05) is 85.8 Å². The Hall–Kier alpha value is -4.97. The lowest BCUT2D eigenvalue weighted by Gasteiger charge is -2.15. The molecule has 188 valence electrons. The van der Waals surface area contributed by atoms with Crippen LogP contribution in [-0.2, 0) is 17.8 Å². The number of rotatable bonds is 8. The van der Waals surface area contributed by atoms with E-state index in [4.69, 9.17) is 4.74 Å². The minimum absolute atomic E-state index is 0.0900. The Morgan fingerprint density at radius 3 is 2.34 bits per heavy atom. The van der Waals surface area contributed by atoms with Gasteiger partial charge in [0.2, 0.25) is 5.91 Å². The highest BCUT2D eigenvalue weighted by Gasteiger charge is 2.15. The van der Waals surface area contributed by atoms with E-state index in [0.29, 0.717) is 17.9 Å². The largest absolute Gasteiger partial charge is 0.478 e. The molecule has 1 heterocycles. The Bertz CT molecular complexity index is 1610. The van der Waals surface area contributed by atoms with Gasteiger partial charge in [-0.3, -0.25) is 9.78 Å².